The fraction of sp³-hybridized carbons (Fsp3) is 0.522. The molecule has 4 heterocycles. The van der Waals surface area contributed by atoms with Crippen LogP contribution >= 0.6 is 0 Å². The first-order valence-electron chi connectivity index (χ1n) is 11.0. The summed E-state index contributed by atoms with van der Waals surface area (Å²) >= 11 is 0. The van der Waals surface area contributed by atoms with Crippen LogP contribution in [-0.2, 0) is 11.8 Å². The summed E-state index contributed by atoms with van der Waals surface area (Å²) in [5.74, 6) is 1.16. The predicted octanol–water partition coefficient (Wildman–Crippen LogP) is 3.48. The predicted molar refractivity (Wildman–Crippen MR) is 124 cm³/mol. The quantitative estimate of drug-likeness (QED) is 0.574. The summed E-state index contributed by atoms with van der Waals surface area (Å²) < 4.78 is 21.6. The fourth-order valence-electron chi connectivity index (χ4n) is 4.28. The summed E-state index contributed by atoms with van der Waals surface area (Å²) in [4.78, 5) is 4.86. The molecule has 32 heavy (non-hydrogen) atoms. The van der Waals surface area contributed by atoms with E-state index in [1.54, 1.807) is 17.9 Å². The molecule has 0 saturated carbocycles. The van der Waals surface area contributed by atoms with Gasteiger partial charge in [-0.25, -0.2) is 14.3 Å². The number of hydrogen-bond donors (Lipinski definition) is 1. The van der Waals surface area contributed by atoms with Crippen LogP contribution in [0.5, 0.6) is 11.8 Å². The third-order valence-electron chi connectivity index (χ3n) is 5.73. The molecule has 0 radical (unpaired) electrons. The minimum absolute atomic E-state index is 0.0332. The summed E-state index contributed by atoms with van der Waals surface area (Å²) in [6, 6.07) is 2.01. The summed E-state index contributed by atoms with van der Waals surface area (Å²) in [7, 11) is 5.40. The molecule has 0 amide bonds. The van der Waals surface area contributed by atoms with Gasteiger partial charge in [0.25, 0.3) is 0 Å². The van der Waals surface area contributed by atoms with Gasteiger partial charge in [0.2, 0.25) is 11.8 Å². The first-order valence-corrected chi connectivity index (χ1v) is 11.0. The van der Waals surface area contributed by atoms with Gasteiger partial charge in [0.05, 0.1) is 29.8 Å². The average Bonchev–Trinajstić information content (AvgIpc) is 3.30. The van der Waals surface area contributed by atoms with Crippen LogP contribution in [0.3, 0.4) is 0 Å². The van der Waals surface area contributed by atoms with Crippen LogP contribution in [0.4, 0.5) is 0 Å². The van der Waals surface area contributed by atoms with Crippen molar-refractivity contribution in [2.75, 3.05) is 27.3 Å². The van der Waals surface area contributed by atoms with Crippen molar-refractivity contribution >= 4 is 17.0 Å². The number of aryl methyl sites for hydroxylation is 2. The van der Waals surface area contributed by atoms with Gasteiger partial charge in [0.1, 0.15) is 11.6 Å². The first-order chi connectivity index (χ1) is 15.5. The van der Waals surface area contributed by atoms with E-state index in [0.717, 1.165) is 59.4 Å². The Morgan fingerprint density at radius 1 is 1.38 bits per heavy atom. The molecule has 3 aromatic heterocycles. The Labute approximate surface area is 188 Å². The molecule has 0 aliphatic carbocycles. The summed E-state index contributed by atoms with van der Waals surface area (Å²) in [5, 5.41) is 13.4. The van der Waals surface area contributed by atoms with E-state index in [1.165, 1.54) is 0 Å². The Morgan fingerprint density at radius 2 is 2.19 bits per heavy atom. The standard InChI is InChI=1S/C23H32N6O3/c1-7-17-16-12-18(20-15(3)26-28(5)23(20)32-14(2)13-24-4)25-22(30-6)21(16)29(27-17)19-10-8-9-11-31-19/h7,12,14,19,24H,1,8-11,13H2,2-6H3/t14-,19?/m0/s1. The number of pyridine rings is 1. The molecule has 3 aromatic rings. The lowest BCUT2D eigenvalue weighted by Crippen LogP contribution is -2.27. The number of hydrogen-bond acceptors (Lipinski definition) is 7. The molecule has 0 aromatic carbocycles. The maximum atomic E-state index is 6.23. The van der Waals surface area contributed by atoms with E-state index in [-0.39, 0.29) is 12.3 Å². The van der Waals surface area contributed by atoms with Crippen molar-refractivity contribution in [2.24, 2.45) is 7.05 Å². The third-order valence-corrected chi connectivity index (χ3v) is 5.73. The van der Waals surface area contributed by atoms with Crippen LogP contribution < -0.4 is 14.8 Å². The minimum atomic E-state index is -0.136. The molecule has 1 fully saturated rings. The number of ether oxygens (including phenoxy) is 3. The van der Waals surface area contributed by atoms with E-state index in [0.29, 0.717) is 18.3 Å². The topological polar surface area (TPSA) is 88.3 Å². The Morgan fingerprint density at radius 3 is 2.84 bits per heavy atom. The molecule has 0 bridgehead atoms. The zero-order valence-electron chi connectivity index (χ0n) is 19.5. The summed E-state index contributed by atoms with van der Waals surface area (Å²) in [6.07, 6.45) is 4.66. The van der Waals surface area contributed by atoms with Crippen molar-refractivity contribution in [3.05, 3.63) is 24.0 Å². The highest BCUT2D eigenvalue weighted by Gasteiger charge is 2.27. The monoisotopic (exact) mass is 440 g/mol. The highest BCUT2D eigenvalue weighted by atomic mass is 16.5. The van der Waals surface area contributed by atoms with Crippen LogP contribution in [0.25, 0.3) is 28.2 Å². The molecule has 172 valence electrons. The summed E-state index contributed by atoms with van der Waals surface area (Å²) in [6.45, 7) is 9.39. The van der Waals surface area contributed by atoms with Crippen molar-refractivity contribution < 1.29 is 14.2 Å². The smallest absolute Gasteiger partial charge is 0.240 e. The van der Waals surface area contributed by atoms with Crippen LogP contribution in [0, 0.1) is 6.92 Å². The fourth-order valence-corrected chi connectivity index (χ4v) is 4.28. The average molecular weight is 441 g/mol. The number of likely N-dealkylation sites (N-methyl/N-ethyl adjacent to an activating group) is 1. The third kappa shape index (κ3) is 3.98. The highest BCUT2D eigenvalue weighted by Crippen LogP contribution is 2.39. The molecular formula is C23H32N6O3. The number of fused-ring (bicyclic) bond motifs is 1. The van der Waals surface area contributed by atoms with Crippen molar-refractivity contribution in [3.63, 3.8) is 0 Å². The van der Waals surface area contributed by atoms with Gasteiger partial charge in [-0.05, 0) is 52.3 Å². The Balaban J connectivity index is 1.88. The van der Waals surface area contributed by atoms with Gasteiger partial charge in [-0.2, -0.15) is 10.2 Å². The van der Waals surface area contributed by atoms with Crippen LogP contribution in [0.1, 0.15) is 43.8 Å². The number of nitrogens with zero attached hydrogens (tertiary/aromatic N) is 5. The molecule has 2 atom stereocenters. The lowest BCUT2D eigenvalue weighted by molar-refractivity contribution is -0.0369. The van der Waals surface area contributed by atoms with Crippen molar-refractivity contribution in [1.82, 2.24) is 29.9 Å². The van der Waals surface area contributed by atoms with Gasteiger partial charge in [-0.3, -0.25) is 0 Å². The van der Waals surface area contributed by atoms with Gasteiger partial charge in [-0.15, -0.1) is 0 Å². The molecule has 9 nitrogen and oxygen atoms in total. The first kappa shape index (κ1) is 22.3. The second-order valence-corrected chi connectivity index (χ2v) is 8.14. The van der Waals surface area contributed by atoms with Gasteiger partial charge in [0, 0.05) is 25.6 Å². The summed E-state index contributed by atoms with van der Waals surface area (Å²) in [5.41, 5.74) is 3.97. The number of nitrogens with one attached hydrogen (secondary N) is 1. The van der Waals surface area contributed by atoms with Crippen molar-refractivity contribution in [2.45, 2.75) is 45.4 Å². The molecule has 9 heteroatoms. The molecule has 1 N–H and O–H groups in total. The van der Waals surface area contributed by atoms with E-state index in [2.05, 4.69) is 17.0 Å². The molecule has 1 saturated heterocycles. The van der Waals surface area contributed by atoms with E-state index in [4.69, 9.17) is 24.3 Å². The highest BCUT2D eigenvalue weighted by molar-refractivity contribution is 5.93. The lowest BCUT2D eigenvalue weighted by atomic mass is 10.1. The second kappa shape index (κ2) is 9.30. The second-order valence-electron chi connectivity index (χ2n) is 8.14. The van der Waals surface area contributed by atoms with E-state index in [9.17, 15) is 0 Å². The molecule has 1 aliphatic rings. The van der Waals surface area contributed by atoms with Gasteiger partial charge in [-0.1, -0.05) is 6.58 Å². The van der Waals surface area contributed by atoms with Gasteiger partial charge in [0.15, 0.2) is 6.23 Å². The maximum absolute atomic E-state index is 6.23. The number of methoxy groups -OCH3 is 1. The zero-order valence-corrected chi connectivity index (χ0v) is 19.5. The molecule has 4 rings (SSSR count). The number of aromatic nitrogens is 5. The molecule has 0 spiro atoms. The molecular weight excluding hydrogens is 408 g/mol. The molecule has 1 aliphatic heterocycles. The Kier molecular flexibility index (Phi) is 6.48. The van der Waals surface area contributed by atoms with Crippen LogP contribution in [0.15, 0.2) is 12.6 Å². The Hall–Kier alpha value is -2.91. The van der Waals surface area contributed by atoms with E-state index in [1.807, 2.05) is 38.7 Å². The largest absolute Gasteiger partial charge is 0.479 e. The maximum Gasteiger partial charge on any atom is 0.240 e. The van der Waals surface area contributed by atoms with Gasteiger partial charge >= 0.3 is 0 Å². The lowest BCUT2D eigenvalue weighted by Gasteiger charge is -2.23. The normalized spacial score (nSPS) is 17.5. The Bertz CT molecular complexity index is 1110. The van der Waals surface area contributed by atoms with Crippen LogP contribution in [-0.4, -0.2) is 58.0 Å². The SMILES string of the molecule is C=Cc1nn(C2CCCCO2)c2c(OC)nc(-c3c(C)nn(C)c3O[C@@H](C)CNC)cc12. The van der Waals surface area contributed by atoms with Gasteiger partial charge < -0.3 is 19.5 Å². The zero-order chi connectivity index (χ0) is 22.8. The van der Waals surface area contributed by atoms with E-state index < -0.39 is 0 Å². The number of rotatable bonds is 8. The van der Waals surface area contributed by atoms with Crippen LogP contribution in [0.2, 0.25) is 0 Å². The van der Waals surface area contributed by atoms with E-state index >= 15 is 0 Å². The molecule has 1 unspecified atom stereocenters. The van der Waals surface area contributed by atoms with Crippen molar-refractivity contribution in [3.8, 4) is 23.0 Å². The minimum Gasteiger partial charge on any atom is -0.479 e. The van der Waals surface area contributed by atoms with Crippen molar-refractivity contribution in [1.29, 1.82) is 0 Å².